The second-order valence-corrected chi connectivity index (χ2v) is 6.12. The van der Waals surface area contributed by atoms with Gasteiger partial charge in [-0.1, -0.05) is 33.6 Å². The van der Waals surface area contributed by atoms with Gasteiger partial charge < -0.3 is 10.1 Å². The maximum Gasteiger partial charge on any atom is 0.137 e. The molecule has 2 heterocycles. The smallest absolute Gasteiger partial charge is 0.137 e. The van der Waals surface area contributed by atoms with Crippen LogP contribution in [0.5, 0.6) is 5.75 Å². The zero-order chi connectivity index (χ0) is 14.4. The molecular formula is C17H28N2O. The predicted molar refractivity (Wildman–Crippen MR) is 83.0 cm³/mol. The molecule has 1 N–H and O–H groups in total. The minimum Gasteiger partial charge on any atom is -0.492 e. The Morgan fingerprint density at radius 1 is 1.30 bits per heavy atom. The van der Waals surface area contributed by atoms with E-state index in [1.54, 1.807) is 0 Å². The molecule has 1 atom stereocenters. The molecule has 3 nitrogen and oxygen atoms in total. The number of hydrogen-bond donors (Lipinski definition) is 1. The first-order valence-corrected chi connectivity index (χ1v) is 8.02. The molecule has 0 aromatic carbocycles. The highest BCUT2D eigenvalue weighted by atomic mass is 16.5. The molecule has 1 unspecified atom stereocenters. The van der Waals surface area contributed by atoms with Crippen molar-refractivity contribution in [2.45, 2.75) is 58.4 Å². The van der Waals surface area contributed by atoms with Crippen LogP contribution in [0.1, 0.15) is 58.4 Å². The van der Waals surface area contributed by atoms with E-state index in [0.29, 0.717) is 5.92 Å². The quantitative estimate of drug-likeness (QED) is 0.886. The van der Waals surface area contributed by atoms with Crippen molar-refractivity contribution in [2.24, 2.45) is 5.92 Å². The minimum atomic E-state index is 0.0507. The van der Waals surface area contributed by atoms with E-state index in [4.69, 9.17) is 4.74 Å². The molecule has 3 heteroatoms. The molecule has 1 fully saturated rings. The number of rotatable bonds is 5. The Balaban J connectivity index is 2.28. The average molecular weight is 276 g/mol. The summed E-state index contributed by atoms with van der Waals surface area (Å²) in [4.78, 5) is 4.41. The van der Waals surface area contributed by atoms with Crippen molar-refractivity contribution in [3.63, 3.8) is 0 Å². The Bertz CT molecular complexity index is 409. The highest BCUT2D eigenvalue weighted by Crippen LogP contribution is 2.37. The second kappa shape index (κ2) is 7.07. The summed E-state index contributed by atoms with van der Waals surface area (Å²) in [5.74, 6) is 1.44. The topological polar surface area (TPSA) is 34.1 Å². The third-order valence-electron chi connectivity index (χ3n) is 4.38. The van der Waals surface area contributed by atoms with Crippen molar-refractivity contribution >= 4 is 0 Å². The predicted octanol–water partition coefficient (Wildman–Crippen LogP) is 3.89. The molecular weight excluding hydrogens is 248 g/mol. The molecule has 20 heavy (non-hydrogen) atoms. The van der Waals surface area contributed by atoms with Crippen LogP contribution in [0.2, 0.25) is 0 Å². The molecule has 2 rings (SSSR count). The maximum atomic E-state index is 5.75. The molecule has 0 aliphatic carbocycles. The van der Waals surface area contributed by atoms with Gasteiger partial charge in [0.25, 0.3) is 0 Å². The lowest BCUT2D eigenvalue weighted by molar-refractivity contribution is 0.228. The summed E-state index contributed by atoms with van der Waals surface area (Å²) in [6, 6.07) is 2.18. The number of aromatic nitrogens is 1. The van der Waals surface area contributed by atoms with Crippen molar-refractivity contribution in [3.8, 4) is 5.75 Å². The van der Waals surface area contributed by atoms with Gasteiger partial charge in [0.05, 0.1) is 12.8 Å². The van der Waals surface area contributed by atoms with E-state index in [1.165, 1.54) is 31.2 Å². The Hall–Kier alpha value is -1.09. The van der Waals surface area contributed by atoms with Gasteiger partial charge in [-0.2, -0.15) is 0 Å². The normalized spacial score (nSPS) is 23.6. The third-order valence-corrected chi connectivity index (χ3v) is 4.38. The van der Waals surface area contributed by atoms with Gasteiger partial charge in [-0.15, -0.1) is 0 Å². The van der Waals surface area contributed by atoms with E-state index in [1.807, 2.05) is 12.4 Å². The van der Waals surface area contributed by atoms with E-state index in [2.05, 4.69) is 37.1 Å². The number of nitrogens with zero attached hydrogens (tertiary/aromatic N) is 1. The summed E-state index contributed by atoms with van der Waals surface area (Å²) >= 11 is 0. The summed E-state index contributed by atoms with van der Waals surface area (Å²) < 4.78 is 5.75. The zero-order valence-electron chi connectivity index (χ0n) is 13.1. The molecule has 0 bridgehead atoms. The molecule has 0 spiro atoms. The van der Waals surface area contributed by atoms with Crippen LogP contribution >= 0.6 is 0 Å². The van der Waals surface area contributed by atoms with E-state index in [-0.39, 0.29) is 5.54 Å². The van der Waals surface area contributed by atoms with Crippen molar-refractivity contribution in [3.05, 3.63) is 24.0 Å². The third kappa shape index (κ3) is 3.32. The molecule has 112 valence electrons. The molecule has 1 saturated heterocycles. The zero-order valence-corrected chi connectivity index (χ0v) is 13.1. The van der Waals surface area contributed by atoms with Gasteiger partial charge >= 0.3 is 0 Å². The number of nitrogens with one attached hydrogen (secondary N) is 1. The van der Waals surface area contributed by atoms with E-state index in [0.717, 1.165) is 25.3 Å². The number of ether oxygens (including phenoxy) is 1. The van der Waals surface area contributed by atoms with Gasteiger partial charge in [-0.05, 0) is 43.4 Å². The van der Waals surface area contributed by atoms with Crippen molar-refractivity contribution < 1.29 is 4.74 Å². The highest BCUT2D eigenvalue weighted by molar-refractivity contribution is 5.30. The van der Waals surface area contributed by atoms with Gasteiger partial charge in [0, 0.05) is 11.7 Å². The monoisotopic (exact) mass is 276 g/mol. The Morgan fingerprint density at radius 2 is 2.15 bits per heavy atom. The Morgan fingerprint density at radius 3 is 2.90 bits per heavy atom. The lowest BCUT2D eigenvalue weighted by atomic mass is 9.77. The average Bonchev–Trinajstić information content (AvgIpc) is 2.72. The minimum absolute atomic E-state index is 0.0507. The maximum absolute atomic E-state index is 5.75. The SMILES string of the molecule is CCCOc1cncc(C2(C(C)C)CCCCCN2)c1. The van der Waals surface area contributed by atoms with Crippen LogP contribution in [-0.4, -0.2) is 18.1 Å². The number of pyridine rings is 1. The fourth-order valence-electron chi connectivity index (χ4n) is 3.14. The van der Waals surface area contributed by atoms with E-state index >= 15 is 0 Å². The molecule has 0 saturated carbocycles. The lowest BCUT2D eigenvalue weighted by Crippen LogP contribution is -2.46. The lowest BCUT2D eigenvalue weighted by Gasteiger charge is -2.38. The Labute approximate surface area is 123 Å². The molecule has 1 aliphatic rings. The summed E-state index contributed by atoms with van der Waals surface area (Å²) in [6.45, 7) is 8.58. The van der Waals surface area contributed by atoms with E-state index in [9.17, 15) is 0 Å². The molecule has 0 amide bonds. The van der Waals surface area contributed by atoms with Crippen LogP contribution in [-0.2, 0) is 5.54 Å². The summed E-state index contributed by atoms with van der Waals surface area (Å²) in [5.41, 5.74) is 1.33. The van der Waals surface area contributed by atoms with Gasteiger partial charge in [-0.3, -0.25) is 4.98 Å². The molecule has 0 radical (unpaired) electrons. The van der Waals surface area contributed by atoms with Crippen molar-refractivity contribution in [1.29, 1.82) is 0 Å². The van der Waals surface area contributed by atoms with Crippen molar-refractivity contribution in [1.82, 2.24) is 10.3 Å². The van der Waals surface area contributed by atoms with Gasteiger partial charge in [0.1, 0.15) is 5.75 Å². The first-order chi connectivity index (χ1) is 9.69. The summed E-state index contributed by atoms with van der Waals surface area (Å²) in [6.07, 6.45) is 9.92. The molecule has 1 aliphatic heterocycles. The van der Waals surface area contributed by atoms with Crippen molar-refractivity contribution in [2.75, 3.05) is 13.2 Å². The second-order valence-electron chi connectivity index (χ2n) is 6.12. The largest absolute Gasteiger partial charge is 0.492 e. The van der Waals surface area contributed by atoms with Crippen LogP contribution in [0.15, 0.2) is 18.5 Å². The van der Waals surface area contributed by atoms with Crippen LogP contribution < -0.4 is 10.1 Å². The van der Waals surface area contributed by atoms with Gasteiger partial charge in [0.15, 0.2) is 0 Å². The van der Waals surface area contributed by atoms with Crippen LogP contribution in [0.4, 0.5) is 0 Å². The van der Waals surface area contributed by atoms with E-state index < -0.39 is 0 Å². The molecule has 1 aromatic heterocycles. The summed E-state index contributed by atoms with van der Waals surface area (Å²) in [5, 5.41) is 3.80. The fraction of sp³-hybridized carbons (Fsp3) is 0.706. The van der Waals surface area contributed by atoms with Crippen LogP contribution in [0.3, 0.4) is 0 Å². The standard InChI is InChI=1S/C17H28N2O/c1-4-10-20-16-11-15(12-18-13-16)17(14(2)3)8-6-5-7-9-19-17/h11-14,19H,4-10H2,1-3H3. The number of hydrogen-bond acceptors (Lipinski definition) is 3. The first-order valence-electron chi connectivity index (χ1n) is 8.02. The first kappa shape index (κ1) is 15.3. The Kier molecular flexibility index (Phi) is 5.41. The van der Waals surface area contributed by atoms with Crippen LogP contribution in [0.25, 0.3) is 0 Å². The van der Waals surface area contributed by atoms with Crippen LogP contribution in [0, 0.1) is 5.92 Å². The fourth-order valence-corrected chi connectivity index (χ4v) is 3.14. The molecule has 1 aromatic rings. The summed E-state index contributed by atoms with van der Waals surface area (Å²) in [7, 11) is 0. The van der Waals surface area contributed by atoms with Gasteiger partial charge in [-0.25, -0.2) is 0 Å². The highest BCUT2D eigenvalue weighted by Gasteiger charge is 2.36. The van der Waals surface area contributed by atoms with Gasteiger partial charge in [0.2, 0.25) is 0 Å².